The van der Waals surface area contributed by atoms with Gasteiger partial charge in [-0.05, 0) is 26.2 Å². The van der Waals surface area contributed by atoms with Crippen molar-refractivity contribution < 1.29 is 4.74 Å². The summed E-state index contributed by atoms with van der Waals surface area (Å²) >= 11 is 0. The maximum atomic E-state index is 6.03. The van der Waals surface area contributed by atoms with E-state index in [2.05, 4.69) is 24.1 Å². The molecule has 0 amide bonds. The minimum atomic E-state index is 0.309. The van der Waals surface area contributed by atoms with Crippen LogP contribution >= 0.6 is 0 Å². The first kappa shape index (κ1) is 14.3. The van der Waals surface area contributed by atoms with Crippen LogP contribution < -0.4 is 5.32 Å². The first-order valence-electron chi connectivity index (χ1n) is 7.81. The highest BCUT2D eigenvalue weighted by Gasteiger charge is 2.28. The molecular weight excluding hydrogens is 224 g/mol. The van der Waals surface area contributed by atoms with Crippen LogP contribution in [0.4, 0.5) is 0 Å². The van der Waals surface area contributed by atoms with E-state index < -0.39 is 0 Å². The second kappa shape index (κ2) is 6.88. The predicted octanol–water partition coefficient (Wildman–Crippen LogP) is 2.41. The van der Waals surface area contributed by atoms with Crippen molar-refractivity contribution in [3.05, 3.63) is 0 Å². The number of nitrogens with zero attached hydrogens (tertiary/aromatic N) is 1. The Morgan fingerprint density at radius 3 is 2.78 bits per heavy atom. The summed E-state index contributed by atoms with van der Waals surface area (Å²) in [6.07, 6.45) is 8.47. The maximum absolute atomic E-state index is 6.03. The molecule has 1 N–H and O–H groups in total. The molecule has 1 aliphatic carbocycles. The van der Waals surface area contributed by atoms with Gasteiger partial charge in [0.1, 0.15) is 0 Å². The van der Waals surface area contributed by atoms with Gasteiger partial charge in [0.05, 0.1) is 12.7 Å². The fourth-order valence-electron chi connectivity index (χ4n) is 3.15. The van der Waals surface area contributed by atoms with Gasteiger partial charge >= 0.3 is 0 Å². The highest BCUT2D eigenvalue weighted by molar-refractivity contribution is 4.89. The third-order valence-corrected chi connectivity index (χ3v) is 4.65. The van der Waals surface area contributed by atoms with Crippen LogP contribution in [0, 0.1) is 0 Å². The second-order valence-electron chi connectivity index (χ2n) is 6.25. The number of rotatable bonds is 5. The molecule has 0 aromatic carbocycles. The van der Waals surface area contributed by atoms with Crippen LogP contribution in [0.5, 0.6) is 0 Å². The standard InChI is InChI=1S/C15H30N2O/c1-3-15(2)13-17(10-9-16-15)11-12-18-14-7-5-4-6-8-14/h14,16H,3-13H2,1-2H3. The van der Waals surface area contributed by atoms with E-state index in [1.54, 1.807) is 0 Å². The Morgan fingerprint density at radius 2 is 2.06 bits per heavy atom. The van der Waals surface area contributed by atoms with Gasteiger partial charge in [0.2, 0.25) is 0 Å². The summed E-state index contributed by atoms with van der Waals surface area (Å²) in [7, 11) is 0. The van der Waals surface area contributed by atoms with Gasteiger partial charge in [-0.15, -0.1) is 0 Å². The fraction of sp³-hybridized carbons (Fsp3) is 1.00. The average molecular weight is 254 g/mol. The maximum Gasteiger partial charge on any atom is 0.0597 e. The molecule has 3 nitrogen and oxygen atoms in total. The van der Waals surface area contributed by atoms with Gasteiger partial charge in [-0.1, -0.05) is 26.2 Å². The molecular formula is C15H30N2O. The Kier molecular flexibility index (Phi) is 5.46. The number of ether oxygens (including phenoxy) is 1. The van der Waals surface area contributed by atoms with E-state index in [-0.39, 0.29) is 0 Å². The zero-order chi connectivity index (χ0) is 12.8. The lowest BCUT2D eigenvalue weighted by Gasteiger charge is -2.41. The van der Waals surface area contributed by atoms with Crippen molar-refractivity contribution in [1.82, 2.24) is 10.2 Å². The minimum Gasteiger partial charge on any atom is -0.377 e. The summed E-state index contributed by atoms with van der Waals surface area (Å²) in [6, 6.07) is 0. The van der Waals surface area contributed by atoms with Crippen LogP contribution in [0.15, 0.2) is 0 Å². The largest absolute Gasteiger partial charge is 0.377 e. The zero-order valence-electron chi connectivity index (χ0n) is 12.2. The molecule has 18 heavy (non-hydrogen) atoms. The number of nitrogens with one attached hydrogen (secondary N) is 1. The van der Waals surface area contributed by atoms with E-state index in [4.69, 9.17) is 4.74 Å². The molecule has 2 aliphatic rings. The van der Waals surface area contributed by atoms with Crippen molar-refractivity contribution in [3.8, 4) is 0 Å². The molecule has 0 radical (unpaired) electrons. The molecule has 2 fully saturated rings. The summed E-state index contributed by atoms with van der Waals surface area (Å²) in [4.78, 5) is 2.56. The Bertz CT molecular complexity index is 241. The molecule has 0 aromatic rings. The first-order valence-corrected chi connectivity index (χ1v) is 7.81. The topological polar surface area (TPSA) is 24.5 Å². The van der Waals surface area contributed by atoms with Crippen LogP contribution in [-0.4, -0.2) is 49.3 Å². The molecule has 1 saturated heterocycles. The van der Waals surface area contributed by atoms with Gasteiger partial charge < -0.3 is 10.1 Å². The van der Waals surface area contributed by atoms with Gasteiger partial charge in [-0.2, -0.15) is 0 Å². The highest BCUT2D eigenvalue weighted by atomic mass is 16.5. The third-order valence-electron chi connectivity index (χ3n) is 4.65. The van der Waals surface area contributed by atoms with Gasteiger partial charge in [0.15, 0.2) is 0 Å². The summed E-state index contributed by atoms with van der Waals surface area (Å²) in [5, 5.41) is 3.63. The average Bonchev–Trinajstić information content (AvgIpc) is 2.40. The van der Waals surface area contributed by atoms with Gasteiger partial charge in [-0.25, -0.2) is 0 Å². The van der Waals surface area contributed by atoms with Gasteiger partial charge in [-0.3, -0.25) is 4.90 Å². The lowest BCUT2D eigenvalue weighted by atomic mass is 9.96. The summed E-state index contributed by atoms with van der Waals surface area (Å²) in [5.74, 6) is 0. The predicted molar refractivity (Wildman–Crippen MR) is 76.0 cm³/mol. The quantitative estimate of drug-likeness (QED) is 0.815. The summed E-state index contributed by atoms with van der Waals surface area (Å²) in [6.45, 7) is 10.1. The van der Waals surface area contributed by atoms with Crippen LogP contribution in [0.3, 0.4) is 0 Å². The molecule has 0 aromatic heterocycles. The lowest BCUT2D eigenvalue weighted by molar-refractivity contribution is 0.00857. The van der Waals surface area contributed by atoms with E-state index >= 15 is 0 Å². The minimum absolute atomic E-state index is 0.309. The molecule has 1 saturated carbocycles. The van der Waals surface area contributed by atoms with Crippen LogP contribution in [0.2, 0.25) is 0 Å². The van der Waals surface area contributed by atoms with Crippen molar-refractivity contribution in [2.45, 2.75) is 64.0 Å². The van der Waals surface area contributed by atoms with E-state index in [0.717, 1.165) is 26.2 Å². The molecule has 106 valence electrons. The summed E-state index contributed by atoms with van der Waals surface area (Å²) in [5.41, 5.74) is 0.309. The van der Waals surface area contributed by atoms with Crippen LogP contribution in [-0.2, 0) is 4.74 Å². The Balaban J connectivity index is 1.63. The van der Waals surface area contributed by atoms with E-state index in [1.807, 2.05) is 0 Å². The normalized spacial score (nSPS) is 31.7. The van der Waals surface area contributed by atoms with Crippen molar-refractivity contribution in [3.63, 3.8) is 0 Å². The van der Waals surface area contributed by atoms with Crippen LogP contribution in [0.25, 0.3) is 0 Å². The number of piperazine rings is 1. The number of hydrogen-bond donors (Lipinski definition) is 1. The zero-order valence-corrected chi connectivity index (χ0v) is 12.2. The molecule has 2 rings (SSSR count). The van der Waals surface area contributed by atoms with Crippen molar-refractivity contribution in [1.29, 1.82) is 0 Å². The fourth-order valence-corrected chi connectivity index (χ4v) is 3.15. The monoisotopic (exact) mass is 254 g/mol. The molecule has 1 unspecified atom stereocenters. The molecule has 3 heteroatoms. The Morgan fingerprint density at radius 1 is 1.28 bits per heavy atom. The molecule has 0 spiro atoms. The smallest absolute Gasteiger partial charge is 0.0597 e. The van der Waals surface area contributed by atoms with E-state index in [0.29, 0.717) is 11.6 Å². The Labute approximate surface area is 112 Å². The van der Waals surface area contributed by atoms with E-state index in [1.165, 1.54) is 45.1 Å². The lowest BCUT2D eigenvalue weighted by Crippen LogP contribution is -2.58. The highest BCUT2D eigenvalue weighted by Crippen LogP contribution is 2.20. The Hall–Kier alpha value is -0.120. The van der Waals surface area contributed by atoms with Crippen molar-refractivity contribution >= 4 is 0 Å². The molecule has 0 bridgehead atoms. The molecule has 1 heterocycles. The number of hydrogen-bond acceptors (Lipinski definition) is 3. The van der Waals surface area contributed by atoms with Crippen LogP contribution in [0.1, 0.15) is 52.4 Å². The van der Waals surface area contributed by atoms with Gasteiger partial charge in [0, 0.05) is 31.7 Å². The third kappa shape index (κ3) is 4.22. The molecule has 1 atom stereocenters. The van der Waals surface area contributed by atoms with Gasteiger partial charge in [0.25, 0.3) is 0 Å². The second-order valence-corrected chi connectivity index (χ2v) is 6.25. The first-order chi connectivity index (χ1) is 8.72. The SMILES string of the molecule is CCC1(C)CN(CCOC2CCCCC2)CCN1. The van der Waals surface area contributed by atoms with Crippen molar-refractivity contribution in [2.24, 2.45) is 0 Å². The molecule has 1 aliphatic heterocycles. The van der Waals surface area contributed by atoms with Crippen molar-refractivity contribution in [2.75, 3.05) is 32.8 Å². The summed E-state index contributed by atoms with van der Waals surface area (Å²) < 4.78 is 6.03. The van der Waals surface area contributed by atoms with E-state index in [9.17, 15) is 0 Å².